The first kappa shape index (κ1) is 19.0. The minimum Gasteiger partial charge on any atom is -0.493 e. The third-order valence-corrected chi connectivity index (χ3v) is 4.73. The normalized spacial score (nSPS) is 13.0. The van der Waals surface area contributed by atoms with Crippen LogP contribution in [0.15, 0.2) is 48.5 Å². The maximum Gasteiger partial charge on any atom is 0.261 e. The van der Waals surface area contributed by atoms with Crippen molar-refractivity contribution >= 4 is 11.8 Å². The van der Waals surface area contributed by atoms with Crippen molar-refractivity contribution in [3.05, 3.63) is 59.7 Å². The molecule has 0 aromatic heterocycles. The number of fused-ring (bicyclic) bond motifs is 1. The summed E-state index contributed by atoms with van der Waals surface area (Å²) in [5, 5.41) is 0. The molecule has 0 bridgehead atoms. The van der Waals surface area contributed by atoms with Crippen LogP contribution in [0.4, 0.5) is 0 Å². The van der Waals surface area contributed by atoms with Crippen molar-refractivity contribution < 1.29 is 19.1 Å². The molecule has 2 aromatic carbocycles. The van der Waals surface area contributed by atoms with Crippen molar-refractivity contribution in [3.8, 4) is 11.5 Å². The molecular formula is C22H25NO4. The number of imide groups is 1. The summed E-state index contributed by atoms with van der Waals surface area (Å²) in [6.45, 7) is 1.14. The number of carbonyl (C=O) groups is 2. The van der Waals surface area contributed by atoms with Crippen LogP contribution >= 0.6 is 0 Å². The van der Waals surface area contributed by atoms with Gasteiger partial charge in [0.05, 0.1) is 24.8 Å². The highest BCUT2D eigenvalue weighted by molar-refractivity contribution is 6.21. The quantitative estimate of drug-likeness (QED) is 0.463. The number of nitrogens with zero attached hydrogens (tertiary/aromatic N) is 1. The van der Waals surface area contributed by atoms with Gasteiger partial charge in [-0.25, -0.2) is 0 Å². The minimum absolute atomic E-state index is 0.166. The van der Waals surface area contributed by atoms with Gasteiger partial charge in [0.1, 0.15) is 0 Å². The van der Waals surface area contributed by atoms with Gasteiger partial charge in [-0.15, -0.1) is 0 Å². The zero-order valence-corrected chi connectivity index (χ0v) is 15.6. The number of benzene rings is 2. The van der Waals surface area contributed by atoms with Gasteiger partial charge in [-0.1, -0.05) is 43.5 Å². The van der Waals surface area contributed by atoms with Crippen molar-refractivity contribution in [2.45, 2.75) is 32.1 Å². The summed E-state index contributed by atoms with van der Waals surface area (Å²) < 4.78 is 11.0. The Bertz CT molecular complexity index is 767. The molecule has 1 aliphatic rings. The molecule has 2 aromatic rings. The fourth-order valence-corrected chi connectivity index (χ4v) is 3.26. The number of unbranched alkanes of at least 4 members (excludes halogenated alkanes) is 4. The SMILES string of the molecule is COc1ccccc1OCCCCCCCN1C(=O)c2ccccc2C1=O. The molecule has 27 heavy (non-hydrogen) atoms. The van der Waals surface area contributed by atoms with Crippen LogP contribution < -0.4 is 9.47 Å². The van der Waals surface area contributed by atoms with Crippen LogP contribution in [0.5, 0.6) is 11.5 Å². The van der Waals surface area contributed by atoms with E-state index in [0.717, 1.165) is 43.6 Å². The predicted molar refractivity (Wildman–Crippen MR) is 103 cm³/mol. The van der Waals surface area contributed by atoms with Crippen LogP contribution in [0.25, 0.3) is 0 Å². The van der Waals surface area contributed by atoms with Crippen LogP contribution in [-0.2, 0) is 0 Å². The van der Waals surface area contributed by atoms with E-state index in [9.17, 15) is 9.59 Å². The van der Waals surface area contributed by atoms with Crippen molar-refractivity contribution in [2.75, 3.05) is 20.3 Å². The second-order valence-electron chi connectivity index (χ2n) is 6.57. The van der Waals surface area contributed by atoms with E-state index in [0.29, 0.717) is 24.3 Å². The molecule has 142 valence electrons. The minimum atomic E-state index is -0.166. The molecule has 0 fully saturated rings. The van der Waals surface area contributed by atoms with Crippen molar-refractivity contribution in [2.24, 2.45) is 0 Å². The predicted octanol–water partition coefficient (Wildman–Crippen LogP) is 4.32. The summed E-state index contributed by atoms with van der Waals surface area (Å²) >= 11 is 0. The lowest BCUT2D eigenvalue weighted by atomic mass is 10.1. The first-order valence-electron chi connectivity index (χ1n) is 9.43. The number of amides is 2. The average molecular weight is 367 g/mol. The third kappa shape index (κ3) is 4.48. The van der Waals surface area contributed by atoms with E-state index in [4.69, 9.17) is 9.47 Å². The Hall–Kier alpha value is -2.82. The lowest BCUT2D eigenvalue weighted by molar-refractivity contribution is 0.0651. The molecule has 5 nitrogen and oxygen atoms in total. The first-order chi connectivity index (χ1) is 13.2. The van der Waals surface area contributed by atoms with Gasteiger partial charge in [-0.3, -0.25) is 14.5 Å². The smallest absolute Gasteiger partial charge is 0.261 e. The van der Waals surface area contributed by atoms with Gasteiger partial charge in [0.2, 0.25) is 0 Å². The van der Waals surface area contributed by atoms with Crippen molar-refractivity contribution in [1.82, 2.24) is 4.90 Å². The van der Waals surface area contributed by atoms with E-state index in [-0.39, 0.29) is 11.8 Å². The Morgan fingerprint density at radius 1 is 0.741 bits per heavy atom. The number of carbonyl (C=O) groups excluding carboxylic acids is 2. The Kier molecular flexibility index (Phi) is 6.47. The highest BCUT2D eigenvalue weighted by atomic mass is 16.5. The number of methoxy groups -OCH3 is 1. The maximum absolute atomic E-state index is 12.3. The number of para-hydroxylation sites is 2. The molecule has 0 radical (unpaired) electrons. The Morgan fingerprint density at radius 2 is 1.30 bits per heavy atom. The van der Waals surface area contributed by atoms with Crippen LogP contribution in [-0.4, -0.2) is 37.0 Å². The molecule has 0 saturated heterocycles. The lowest BCUT2D eigenvalue weighted by Gasteiger charge is -2.13. The van der Waals surface area contributed by atoms with Crippen LogP contribution in [0.2, 0.25) is 0 Å². The Balaban J connectivity index is 1.30. The van der Waals surface area contributed by atoms with E-state index >= 15 is 0 Å². The topological polar surface area (TPSA) is 55.8 Å². The molecule has 0 aliphatic carbocycles. The number of hydrogen-bond donors (Lipinski definition) is 0. The van der Waals surface area contributed by atoms with Gasteiger partial charge in [0.25, 0.3) is 11.8 Å². The summed E-state index contributed by atoms with van der Waals surface area (Å²) in [4.78, 5) is 25.9. The summed E-state index contributed by atoms with van der Waals surface area (Å²) in [6, 6.07) is 14.7. The first-order valence-corrected chi connectivity index (χ1v) is 9.43. The van der Waals surface area contributed by atoms with Gasteiger partial charge in [0.15, 0.2) is 11.5 Å². The average Bonchev–Trinajstić information content (AvgIpc) is 2.95. The fourth-order valence-electron chi connectivity index (χ4n) is 3.26. The lowest BCUT2D eigenvalue weighted by Crippen LogP contribution is -2.30. The fraction of sp³-hybridized carbons (Fsp3) is 0.364. The van der Waals surface area contributed by atoms with E-state index in [2.05, 4.69) is 0 Å². The van der Waals surface area contributed by atoms with Gasteiger partial charge in [-0.2, -0.15) is 0 Å². The van der Waals surface area contributed by atoms with E-state index in [1.54, 1.807) is 31.4 Å². The van der Waals surface area contributed by atoms with Crippen molar-refractivity contribution in [1.29, 1.82) is 0 Å². The standard InChI is InChI=1S/C22H25NO4/c1-26-19-13-7-8-14-20(19)27-16-10-4-2-3-9-15-23-21(24)17-11-5-6-12-18(17)22(23)25/h5-8,11-14H,2-4,9-10,15-16H2,1H3. The van der Waals surface area contributed by atoms with Crippen molar-refractivity contribution in [3.63, 3.8) is 0 Å². The molecule has 0 atom stereocenters. The Morgan fingerprint density at radius 3 is 1.96 bits per heavy atom. The molecule has 0 unspecified atom stereocenters. The molecular weight excluding hydrogens is 342 g/mol. The molecule has 3 rings (SSSR count). The monoisotopic (exact) mass is 367 g/mol. The zero-order valence-electron chi connectivity index (χ0n) is 15.6. The Labute approximate surface area is 159 Å². The van der Waals surface area contributed by atoms with Crippen LogP contribution in [0.1, 0.15) is 52.8 Å². The zero-order chi connectivity index (χ0) is 19.1. The van der Waals surface area contributed by atoms with E-state index < -0.39 is 0 Å². The third-order valence-electron chi connectivity index (χ3n) is 4.73. The second kappa shape index (κ2) is 9.21. The van der Waals surface area contributed by atoms with E-state index in [1.165, 1.54) is 4.90 Å². The number of rotatable bonds is 10. The molecule has 0 N–H and O–H groups in total. The summed E-state index contributed by atoms with van der Waals surface area (Å²) in [7, 11) is 1.64. The van der Waals surface area contributed by atoms with Crippen LogP contribution in [0, 0.1) is 0 Å². The van der Waals surface area contributed by atoms with Gasteiger partial charge in [0, 0.05) is 6.54 Å². The molecule has 0 saturated carbocycles. The highest BCUT2D eigenvalue weighted by Gasteiger charge is 2.34. The largest absolute Gasteiger partial charge is 0.493 e. The van der Waals surface area contributed by atoms with Gasteiger partial charge >= 0.3 is 0 Å². The summed E-state index contributed by atoms with van der Waals surface area (Å²) in [5.74, 6) is 1.19. The number of ether oxygens (including phenoxy) is 2. The molecule has 2 amide bonds. The van der Waals surface area contributed by atoms with Crippen LogP contribution in [0.3, 0.4) is 0 Å². The number of hydrogen-bond acceptors (Lipinski definition) is 4. The van der Waals surface area contributed by atoms with E-state index in [1.807, 2.05) is 24.3 Å². The molecule has 0 spiro atoms. The molecule has 5 heteroatoms. The molecule has 1 heterocycles. The second-order valence-corrected chi connectivity index (χ2v) is 6.57. The summed E-state index contributed by atoms with van der Waals surface area (Å²) in [6.07, 6.45) is 4.89. The summed E-state index contributed by atoms with van der Waals surface area (Å²) in [5.41, 5.74) is 1.05. The molecule has 1 aliphatic heterocycles. The highest BCUT2D eigenvalue weighted by Crippen LogP contribution is 2.26. The van der Waals surface area contributed by atoms with Gasteiger partial charge < -0.3 is 9.47 Å². The maximum atomic E-state index is 12.3. The van der Waals surface area contributed by atoms with Gasteiger partial charge in [-0.05, 0) is 37.1 Å².